The maximum Gasteiger partial charge on any atom is 0.246 e. The van der Waals surface area contributed by atoms with Crippen molar-refractivity contribution < 1.29 is 19.1 Å². The first-order valence-corrected chi connectivity index (χ1v) is 14.3. The van der Waals surface area contributed by atoms with Crippen molar-refractivity contribution in [1.82, 2.24) is 14.5 Å². The lowest BCUT2D eigenvalue weighted by Crippen LogP contribution is -2.64. The molecule has 0 saturated carbocycles. The zero-order chi connectivity index (χ0) is 28.5. The van der Waals surface area contributed by atoms with E-state index in [4.69, 9.17) is 15.2 Å². The molecule has 1 atom stereocenters. The minimum Gasteiger partial charge on any atom is -0.497 e. The molecule has 0 radical (unpaired) electrons. The Labute approximate surface area is 237 Å². The summed E-state index contributed by atoms with van der Waals surface area (Å²) < 4.78 is 13.7. The molecule has 0 spiro atoms. The van der Waals surface area contributed by atoms with Crippen molar-refractivity contribution in [3.05, 3.63) is 83.4 Å². The van der Waals surface area contributed by atoms with Crippen molar-refractivity contribution in [3.63, 3.8) is 0 Å². The maximum atomic E-state index is 14.1. The van der Waals surface area contributed by atoms with Gasteiger partial charge in [-0.2, -0.15) is 0 Å². The SMILES string of the molecule is CCCCCCOC1(c2ccccc2C)CN(C(=O)[C@@H](Cc2ccc(OC)cc2)n2cnc(CCC(N)=O)c2)C1. The molecule has 1 aliphatic rings. The number of imidazole rings is 1. The number of rotatable bonds is 15. The van der Waals surface area contributed by atoms with Crippen LogP contribution in [0.1, 0.15) is 67.5 Å². The third-order valence-corrected chi connectivity index (χ3v) is 7.73. The van der Waals surface area contributed by atoms with Crippen LogP contribution in [0.4, 0.5) is 0 Å². The minimum atomic E-state index is -0.501. The minimum absolute atomic E-state index is 0.0217. The van der Waals surface area contributed by atoms with Crippen LogP contribution in [0.25, 0.3) is 0 Å². The summed E-state index contributed by atoms with van der Waals surface area (Å²) in [5.74, 6) is 0.418. The van der Waals surface area contributed by atoms with Crippen molar-refractivity contribution in [3.8, 4) is 5.75 Å². The van der Waals surface area contributed by atoms with E-state index in [0.29, 0.717) is 32.5 Å². The van der Waals surface area contributed by atoms with Gasteiger partial charge in [-0.05, 0) is 48.6 Å². The average molecular weight is 547 g/mol. The van der Waals surface area contributed by atoms with Gasteiger partial charge in [-0.1, -0.05) is 62.6 Å². The molecule has 40 heavy (non-hydrogen) atoms. The van der Waals surface area contributed by atoms with Crippen LogP contribution in [0.5, 0.6) is 5.75 Å². The molecule has 4 rings (SSSR count). The molecule has 0 bridgehead atoms. The highest BCUT2D eigenvalue weighted by molar-refractivity contribution is 5.82. The third-order valence-electron chi connectivity index (χ3n) is 7.73. The van der Waals surface area contributed by atoms with Gasteiger partial charge in [0.25, 0.3) is 0 Å². The molecule has 2 N–H and O–H groups in total. The first kappa shape index (κ1) is 29.3. The largest absolute Gasteiger partial charge is 0.497 e. The number of benzene rings is 2. The number of carbonyl (C=O) groups excluding carboxylic acids is 2. The van der Waals surface area contributed by atoms with E-state index in [9.17, 15) is 9.59 Å². The molecule has 2 heterocycles. The number of amides is 2. The monoisotopic (exact) mass is 546 g/mol. The number of carbonyl (C=O) groups is 2. The zero-order valence-electron chi connectivity index (χ0n) is 24.0. The summed E-state index contributed by atoms with van der Waals surface area (Å²) in [5.41, 5.74) is 8.91. The van der Waals surface area contributed by atoms with Crippen molar-refractivity contribution >= 4 is 11.8 Å². The molecule has 1 saturated heterocycles. The molecule has 2 aromatic carbocycles. The van der Waals surface area contributed by atoms with Gasteiger partial charge in [-0.15, -0.1) is 0 Å². The molecule has 1 aromatic heterocycles. The molecule has 8 nitrogen and oxygen atoms in total. The van der Waals surface area contributed by atoms with Gasteiger partial charge in [-0.25, -0.2) is 4.98 Å². The number of likely N-dealkylation sites (tertiary alicyclic amines) is 1. The van der Waals surface area contributed by atoms with E-state index in [2.05, 4.69) is 31.0 Å². The lowest BCUT2D eigenvalue weighted by Gasteiger charge is -2.51. The molecule has 0 unspecified atom stereocenters. The quantitative estimate of drug-likeness (QED) is 0.278. The van der Waals surface area contributed by atoms with Gasteiger partial charge >= 0.3 is 0 Å². The summed E-state index contributed by atoms with van der Waals surface area (Å²) in [7, 11) is 1.64. The molecule has 2 amide bonds. The third kappa shape index (κ3) is 7.10. The maximum absolute atomic E-state index is 14.1. The molecule has 1 aliphatic heterocycles. The standard InChI is InChI=1S/C32H42N4O4/c1-4-5-6-9-18-40-32(28-11-8-7-10-24(28)2)21-36(22-32)31(38)29(19-25-12-15-27(39-3)16-13-25)35-20-26(34-23-35)14-17-30(33)37/h7-8,10-13,15-16,20,23,29H,4-6,9,14,17-19,21-22H2,1-3H3,(H2,33,37)/t29-/m1/s1. The number of unbranched alkanes of at least 4 members (excludes halogenated alkanes) is 3. The van der Waals surface area contributed by atoms with Crippen LogP contribution in [0, 0.1) is 6.92 Å². The van der Waals surface area contributed by atoms with E-state index >= 15 is 0 Å². The van der Waals surface area contributed by atoms with Gasteiger partial charge in [0.05, 0.1) is 32.2 Å². The van der Waals surface area contributed by atoms with Gasteiger partial charge in [-0.3, -0.25) is 9.59 Å². The van der Waals surface area contributed by atoms with Crippen molar-refractivity contribution in [1.29, 1.82) is 0 Å². The van der Waals surface area contributed by atoms with Crippen LogP contribution in [-0.4, -0.2) is 53.1 Å². The van der Waals surface area contributed by atoms with Gasteiger partial charge in [0, 0.05) is 25.6 Å². The topological polar surface area (TPSA) is 99.7 Å². The van der Waals surface area contributed by atoms with Crippen LogP contribution in [0.15, 0.2) is 61.1 Å². The van der Waals surface area contributed by atoms with Crippen LogP contribution in [0.3, 0.4) is 0 Å². The highest BCUT2D eigenvalue weighted by Gasteiger charge is 2.49. The predicted octanol–water partition coefficient (Wildman–Crippen LogP) is 4.74. The van der Waals surface area contributed by atoms with E-state index < -0.39 is 11.6 Å². The molecule has 3 aromatic rings. The molecule has 1 fully saturated rings. The fourth-order valence-corrected chi connectivity index (χ4v) is 5.39. The van der Waals surface area contributed by atoms with E-state index in [1.165, 1.54) is 18.4 Å². The normalized spacial score (nSPS) is 14.9. The van der Waals surface area contributed by atoms with Crippen LogP contribution in [-0.2, 0) is 32.8 Å². The highest BCUT2D eigenvalue weighted by Crippen LogP contribution is 2.39. The number of hydrogen-bond acceptors (Lipinski definition) is 5. The highest BCUT2D eigenvalue weighted by atomic mass is 16.5. The van der Waals surface area contributed by atoms with E-state index in [-0.39, 0.29) is 18.2 Å². The fraction of sp³-hybridized carbons (Fsp3) is 0.469. The molecule has 0 aliphatic carbocycles. The first-order valence-electron chi connectivity index (χ1n) is 14.3. The Balaban J connectivity index is 1.54. The second-order valence-electron chi connectivity index (χ2n) is 10.8. The number of hydrogen-bond donors (Lipinski definition) is 1. The second-order valence-corrected chi connectivity index (χ2v) is 10.8. The molecule has 8 heteroatoms. The average Bonchev–Trinajstić information content (AvgIpc) is 3.41. The Morgan fingerprint density at radius 1 is 1.07 bits per heavy atom. The molecular formula is C32H42N4O4. The number of methoxy groups -OCH3 is 1. The van der Waals surface area contributed by atoms with Crippen LogP contribution >= 0.6 is 0 Å². The predicted molar refractivity (Wildman–Crippen MR) is 155 cm³/mol. The Kier molecular flexibility index (Phi) is 9.98. The van der Waals surface area contributed by atoms with E-state index in [1.807, 2.05) is 52.1 Å². The lowest BCUT2D eigenvalue weighted by atomic mass is 9.82. The Morgan fingerprint density at radius 2 is 1.82 bits per heavy atom. The van der Waals surface area contributed by atoms with Crippen molar-refractivity contribution in [2.75, 3.05) is 26.8 Å². The number of primary amides is 1. The Hall–Kier alpha value is -3.65. The first-order chi connectivity index (χ1) is 19.3. The smallest absolute Gasteiger partial charge is 0.246 e. The summed E-state index contributed by atoms with van der Waals surface area (Å²) in [6.45, 7) is 6.00. The number of nitrogens with two attached hydrogens (primary N) is 1. The number of nitrogens with zero attached hydrogens (tertiary/aromatic N) is 3. The van der Waals surface area contributed by atoms with Gasteiger partial charge in [0.15, 0.2) is 0 Å². The van der Waals surface area contributed by atoms with Crippen molar-refractivity contribution in [2.45, 2.75) is 70.4 Å². The number of aryl methyl sites for hydroxylation is 2. The molecule has 214 valence electrons. The number of aromatic nitrogens is 2. The Bertz CT molecular complexity index is 1260. The van der Waals surface area contributed by atoms with Gasteiger partial charge in [0.2, 0.25) is 11.8 Å². The zero-order valence-corrected chi connectivity index (χ0v) is 24.0. The summed E-state index contributed by atoms with van der Waals surface area (Å²) in [6.07, 6.45) is 9.23. The van der Waals surface area contributed by atoms with E-state index in [1.54, 1.807) is 13.4 Å². The summed E-state index contributed by atoms with van der Waals surface area (Å²) >= 11 is 0. The molecular weight excluding hydrogens is 504 g/mol. The van der Waals surface area contributed by atoms with Crippen molar-refractivity contribution in [2.24, 2.45) is 5.73 Å². The summed E-state index contributed by atoms with van der Waals surface area (Å²) in [6, 6.07) is 15.6. The summed E-state index contributed by atoms with van der Waals surface area (Å²) in [5, 5.41) is 0. The summed E-state index contributed by atoms with van der Waals surface area (Å²) in [4.78, 5) is 31.7. The fourth-order valence-electron chi connectivity index (χ4n) is 5.39. The Morgan fingerprint density at radius 3 is 2.50 bits per heavy atom. The van der Waals surface area contributed by atoms with Crippen LogP contribution < -0.4 is 10.5 Å². The van der Waals surface area contributed by atoms with Gasteiger partial charge in [0.1, 0.15) is 17.4 Å². The van der Waals surface area contributed by atoms with Gasteiger partial charge < -0.3 is 24.7 Å². The lowest BCUT2D eigenvalue weighted by molar-refractivity contribution is -0.176. The second kappa shape index (κ2) is 13.6. The van der Waals surface area contributed by atoms with E-state index in [0.717, 1.165) is 35.4 Å². The number of ether oxygens (including phenoxy) is 2. The van der Waals surface area contributed by atoms with Crippen LogP contribution in [0.2, 0.25) is 0 Å².